The van der Waals surface area contributed by atoms with E-state index in [9.17, 15) is 0 Å². The van der Waals surface area contributed by atoms with Crippen LogP contribution in [0.4, 0.5) is 0 Å². The van der Waals surface area contributed by atoms with E-state index in [1.807, 2.05) is 36.4 Å². The molecule has 0 saturated carbocycles. The van der Waals surface area contributed by atoms with Gasteiger partial charge in [0.1, 0.15) is 0 Å². The van der Waals surface area contributed by atoms with Crippen LogP contribution in [0.5, 0.6) is 0 Å². The zero-order valence-corrected chi connectivity index (χ0v) is 10.4. The van der Waals surface area contributed by atoms with Crippen LogP contribution < -0.4 is 10.4 Å². The van der Waals surface area contributed by atoms with Crippen molar-refractivity contribution in [3.05, 3.63) is 48.5 Å². The van der Waals surface area contributed by atoms with Crippen LogP contribution in [0.1, 0.15) is 0 Å². The fraction of sp³-hybridized carbons (Fsp3) is 0. The van der Waals surface area contributed by atoms with Gasteiger partial charge < -0.3 is 0 Å². The number of fused-ring (bicyclic) bond motifs is 3. The Bertz CT molecular complexity index is 493. The zero-order valence-electron chi connectivity index (χ0n) is 7.87. The van der Waals surface area contributed by atoms with Gasteiger partial charge in [-0.3, -0.25) is 0 Å². The summed E-state index contributed by atoms with van der Waals surface area (Å²) >= 11 is 13.1. The molecule has 3 rings (SSSR count). The molecule has 0 N–H and O–H groups in total. The minimum atomic E-state index is -2.44. The predicted octanol–water partition coefficient (Wildman–Crippen LogP) is 2.05. The van der Waals surface area contributed by atoms with E-state index < -0.39 is 6.69 Å². The second-order valence-corrected chi connectivity index (χ2v) is 9.87. The van der Waals surface area contributed by atoms with E-state index in [-0.39, 0.29) is 18.9 Å². The van der Waals surface area contributed by atoms with Gasteiger partial charge in [0.05, 0.1) is 0 Å². The summed E-state index contributed by atoms with van der Waals surface area (Å²) in [6.45, 7) is -2.44. The van der Waals surface area contributed by atoms with E-state index in [4.69, 9.17) is 22.2 Å². The van der Waals surface area contributed by atoms with E-state index >= 15 is 0 Å². The predicted molar refractivity (Wildman–Crippen MR) is 75.8 cm³/mol. The standard InChI is InChI=1S/C12H8Cl2Si.Li.H/c13-15(14)11-7-3-1-5-9(11)10-6-2-4-8-12(10)15;;/h1-8H;;. The fourth-order valence-electron chi connectivity index (χ4n) is 2.13. The molecule has 0 fully saturated rings. The number of benzene rings is 2. The number of hydrogen-bond acceptors (Lipinski definition) is 0. The van der Waals surface area contributed by atoms with Crippen LogP contribution in [0.2, 0.25) is 0 Å². The Morgan fingerprint density at radius 1 is 0.688 bits per heavy atom. The first-order valence-corrected chi connectivity index (χ1v) is 8.81. The van der Waals surface area contributed by atoms with Crippen molar-refractivity contribution in [2.24, 2.45) is 0 Å². The van der Waals surface area contributed by atoms with Crippen molar-refractivity contribution in [3.63, 3.8) is 0 Å². The molecule has 0 atom stereocenters. The van der Waals surface area contributed by atoms with Crippen molar-refractivity contribution in [1.29, 1.82) is 0 Å². The van der Waals surface area contributed by atoms with E-state index in [0.717, 1.165) is 10.4 Å². The van der Waals surface area contributed by atoms with Crippen molar-refractivity contribution in [3.8, 4) is 11.1 Å². The van der Waals surface area contributed by atoms with Gasteiger partial charge in [0.25, 0.3) is 0 Å². The number of hydrogen-bond donors (Lipinski definition) is 0. The summed E-state index contributed by atoms with van der Waals surface area (Å²) in [6.07, 6.45) is 0. The summed E-state index contributed by atoms with van der Waals surface area (Å²) in [5.41, 5.74) is 2.40. The minimum absolute atomic E-state index is 0. The Morgan fingerprint density at radius 3 is 1.50 bits per heavy atom. The maximum absolute atomic E-state index is 6.53. The maximum atomic E-state index is 6.53. The topological polar surface area (TPSA) is 0 Å². The van der Waals surface area contributed by atoms with Gasteiger partial charge in [0, 0.05) is 0 Å². The molecular weight excluding hydrogens is 250 g/mol. The third kappa shape index (κ3) is 1.59. The van der Waals surface area contributed by atoms with E-state index in [0.29, 0.717) is 0 Å². The monoisotopic (exact) mass is 258 g/mol. The van der Waals surface area contributed by atoms with Crippen LogP contribution in [-0.4, -0.2) is 25.6 Å². The molecule has 76 valence electrons. The van der Waals surface area contributed by atoms with Crippen molar-refractivity contribution in [2.45, 2.75) is 0 Å². The van der Waals surface area contributed by atoms with Gasteiger partial charge in [0.15, 0.2) is 0 Å². The Kier molecular flexibility index (Phi) is 3.27. The summed E-state index contributed by atoms with van der Waals surface area (Å²) in [5.74, 6) is 0. The summed E-state index contributed by atoms with van der Waals surface area (Å²) in [7, 11) is 0. The molecule has 0 aromatic heterocycles. The van der Waals surface area contributed by atoms with Crippen LogP contribution >= 0.6 is 22.2 Å². The molecule has 1 aliphatic heterocycles. The SMILES string of the molecule is Cl[Si]1(Cl)c2ccccc2-c2ccccc21.[LiH]. The molecule has 1 aliphatic rings. The summed E-state index contributed by atoms with van der Waals surface area (Å²) in [4.78, 5) is 0. The van der Waals surface area contributed by atoms with Crippen LogP contribution in [0.25, 0.3) is 11.1 Å². The van der Waals surface area contributed by atoms with Crippen LogP contribution in [0.15, 0.2) is 48.5 Å². The van der Waals surface area contributed by atoms with Gasteiger partial charge in [-0.1, -0.05) is 48.5 Å². The third-order valence-corrected chi connectivity index (χ3v) is 7.49. The normalized spacial score (nSPS) is 14.9. The summed E-state index contributed by atoms with van der Waals surface area (Å²) in [6, 6.07) is 16.3. The van der Waals surface area contributed by atoms with Crippen LogP contribution in [0, 0.1) is 0 Å². The van der Waals surface area contributed by atoms with E-state index in [1.165, 1.54) is 11.1 Å². The van der Waals surface area contributed by atoms with Crippen LogP contribution in [0.3, 0.4) is 0 Å². The van der Waals surface area contributed by atoms with E-state index in [1.54, 1.807) is 0 Å². The van der Waals surface area contributed by atoms with Crippen molar-refractivity contribution >= 4 is 58.1 Å². The second kappa shape index (κ2) is 4.25. The average Bonchev–Trinajstić information content (AvgIpc) is 2.51. The first kappa shape index (κ1) is 12.3. The molecule has 0 radical (unpaired) electrons. The molecule has 0 aliphatic carbocycles. The molecule has 1 heterocycles. The van der Waals surface area contributed by atoms with Crippen molar-refractivity contribution in [2.75, 3.05) is 0 Å². The first-order chi connectivity index (χ1) is 7.21. The number of halogens is 2. The molecule has 0 amide bonds. The van der Waals surface area contributed by atoms with Gasteiger partial charge in [0.2, 0.25) is 0 Å². The summed E-state index contributed by atoms with van der Waals surface area (Å²) in [5, 5.41) is 2.24. The Balaban J connectivity index is 0.000000963. The Hall–Kier alpha value is -0.166. The first-order valence-electron chi connectivity index (χ1n) is 4.78. The molecule has 0 bridgehead atoms. The molecule has 16 heavy (non-hydrogen) atoms. The zero-order chi connectivity index (χ0) is 10.5. The van der Waals surface area contributed by atoms with Crippen molar-refractivity contribution in [1.82, 2.24) is 0 Å². The summed E-state index contributed by atoms with van der Waals surface area (Å²) < 4.78 is 0. The van der Waals surface area contributed by atoms with Crippen molar-refractivity contribution < 1.29 is 0 Å². The molecule has 0 unspecified atom stereocenters. The molecule has 4 heteroatoms. The molecule has 2 aromatic carbocycles. The number of rotatable bonds is 0. The average molecular weight is 259 g/mol. The third-order valence-electron chi connectivity index (χ3n) is 2.82. The Labute approximate surface area is 117 Å². The Morgan fingerprint density at radius 2 is 1.06 bits per heavy atom. The van der Waals surface area contributed by atoms with Gasteiger partial charge in [-0.25, -0.2) is 0 Å². The van der Waals surface area contributed by atoms with Gasteiger partial charge >= 0.3 is 25.6 Å². The van der Waals surface area contributed by atoms with Gasteiger partial charge in [-0.2, -0.15) is 0 Å². The molecule has 0 saturated heterocycles. The molecule has 0 spiro atoms. The molecular formula is C12H9Cl2LiSi. The van der Waals surface area contributed by atoms with Crippen LogP contribution in [-0.2, 0) is 0 Å². The van der Waals surface area contributed by atoms with Gasteiger partial charge in [-0.15, -0.1) is 22.2 Å². The fourth-order valence-corrected chi connectivity index (χ4v) is 6.12. The van der Waals surface area contributed by atoms with Gasteiger partial charge in [-0.05, 0) is 21.5 Å². The van der Waals surface area contributed by atoms with E-state index in [2.05, 4.69) is 12.1 Å². The molecule has 0 nitrogen and oxygen atoms in total. The quantitative estimate of drug-likeness (QED) is 0.502. The second-order valence-electron chi connectivity index (χ2n) is 3.67. The molecule has 2 aromatic rings.